The number of likely N-dealkylation sites (tertiary alicyclic amines) is 1. The number of carbonyl (C=O) groups excluding carboxylic acids is 1. The van der Waals surface area contributed by atoms with E-state index in [-0.39, 0.29) is 10.9 Å². The number of aliphatic hydroxyl groups is 3. The number of alkyl halides is 3. The summed E-state index contributed by atoms with van der Waals surface area (Å²) in [5, 5.41) is 44.5. The molecule has 0 spiro atoms. The Morgan fingerprint density at radius 2 is 1.80 bits per heavy atom. The molecule has 1 amide bonds. The van der Waals surface area contributed by atoms with Gasteiger partial charge in [0.15, 0.2) is 0 Å². The van der Waals surface area contributed by atoms with Crippen molar-refractivity contribution in [3.8, 4) is 6.07 Å². The van der Waals surface area contributed by atoms with Gasteiger partial charge in [-0.25, -0.2) is 9.97 Å². The van der Waals surface area contributed by atoms with Crippen molar-refractivity contribution in [2.24, 2.45) is 0 Å². The van der Waals surface area contributed by atoms with Gasteiger partial charge in [-0.3, -0.25) is 9.69 Å². The number of aromatic nitrogens is 3. The van der Waals surface area contributed by atoms with Crippen molar-refractivity contribution in [3.63, 3.8) is 0 Å². The lowest BCUT2D eigenvalue weighted by molar-refractivity contribution is -0.126. The van der Waals surface area contributed by atoms with E-state index >= 15 is 0 Å². The highest BCUT2D eigenvalue weighted by Gasteiger charge is 2.29. The molecule has 3 aromatic heterocycles. The monoisotopic (exact) mass is 705 g/mol. The number of nitriles is 1. The molecule has 1 fully saturated rings. The number of amides is 1. The molecular weight excluding hydrogens is 671 g/mol. The van der Waals surface area contributed by atoms with E-state index in [4.69, 9.17) is 10.2 Å². The number of hydrogen-bond acceptors (Lipinski definition) is 10. The van der Waals surface area contributed by atoms with Crippen LogP contribution in [0.25, 0.3) is 21.1 Å². The minimum absolute atomic E-state index is 0.132. The molecule has 0 atom stereocenters. The fourth-order valence-corrected chi connectivity index (χ4v) is 7.31. The average Bonchev–Trinajstić information content (AvgIpc) is 3.66. The number of fused-ring (bicyclic) bond motifs is 2. The molecule has 11 nitrogen and oxygen atoms in total. The molecule has 50 heavy (non-hydrogen) atoms. The van der Waals surface area contributed by atoms with Crippen LogP contribution in [0.5, 0.6) is 0 Å². The highest BCUT2D eigenvalue weighted by atomic mass is 32.1. The summed E-state index contributed by atoms with van der Waals surface area (Å²) in [5.41, 5.74) is 5.12. The molecule has 6 rings (SSSR count). The molecule has 0 unspecified atom stereocenters. The third-order valence-electron chi connectivity index (χ3n) is 8.92. The molecule has 1 saturated heterocycles. The number of nitrogens with zero attached hydrogens (tertiary/aromatic N) is 5. The summed E-state index contributed by atoms with van der Waals surface area (Å²) < 4.78 is 40.8. The highest BCUT2D eigenvalue weighted by molar-refractivity contribution is 7.18. The quantitative estimate of drug-likeness (QED) is 0.0759. The molecule has 0 saturated carbocycles. The SMILES string of the molecule is Cc1c(CN2CCC(Nc3ncnc4sc(CC(F)(F)F)cc34)CC2)ccc2c1cc(C#N)n2CCc1ccc(NC(=O)C(O)=C(O)O)cc1. The van der Waals surface area contributed by atoms with Crippen LogP contribution in [0.15, 0.2) is 66.6 Å². The Morgan fingerprint density at radius 3 is 2.48 bits per heavy atom. The molecule has 15 heteroatoms. The molecule has 2 aromatic carbocycles. The van der Waals surface area contributed by atoms with Gasteiger partial charge in [-0.15, -0.1) is 11.3 Å². The van der Waals surface area contributed by atoms with Gasteiger partial charge < -0.3 is 30.5 Å². The lowest BCUT2D eigenvalue weighted by Gasteiger charge is -2.33. The number of nitrogens with one attached hydrogen (secondary N) is 2. The maximum atomic E-state index is 12.9. The van der Waals surface area contributed by atoms with Crippen LogP contribution in [-0.4, -0.2) is 66.0 Å². The zero-order valence-electron chi connectivity index (χ0n) is 27.0. The molecule has 5 aromatic rings. The first-order chi connectivity index (χ1) is 23.9. The Balaban J connectivity index is 1.07. The molecule has 5 N–H and O–H groups in total. The van der Waals surface area contributed by atoms with E-state index in [0.717, 1.165) is 65.8 Å². The summed E-state index contributed by atoms with van der Waals surface area (Å²) >= 11 is 1.04. The van der Waals surface area contributed by atoms with Gasteiger partial charge in [0.05, 0.1) is 11.8 Å². The van der Waals surface area contributed by atoms with Gasteiger partial charge in [0.25, 0.3) is 11.7 Å². The lowest BCUT2D eigenvalue weighted by Crippen LogP contribution is -2.39. The zero-order valence-corrected chi connectivity index (χ0v) is 27.8. The zero-order chi connectivity index (χ0) is 35.6. The summed E-state index contributed by atoms with van der Waals surface area (Å²) in [5.74, 6) is -3.12. The summed E-state index contributed by atoms with van der Waals surface area (Å²) in [6.45, 7) is 5.04. The Bertz CT molecular complexity index is 2110. The molecule has 0 aliphatic carbocycles. The second-order valence-electron chi connectivity index (χ2n) is 12.3. The summed E-state index contributed by atoms with van der Waals surface area (Å²) in [4.78, 5) is 23.5. The van der Waals surface area contributed by atoms with Crippen LogP contribution in [0.1, 0.15) is 40.1 Å². The van der Waals surface area contributed by atoms with Crippen molar-refractivity contribution < 1.29 is 33.3 Å². The van der Waals surface area contributed by atoms with Gasteiger partial charge in [-0.2, -0.15) is 18.4 Å². The van der Waals surface area contributed by atoms with E-state index in [9.17, 15) is 28.3 Å². The standard InChI is InChI=1S/C35H34F3N7O4S/c1-20-22(18-44-11-9-24(10-12-44)42-31-28-15-26(16-35(36,37)38)50-33(28)41-19-40-31)4-7-29-27(20)14-25(17-39)45(29)13-8-21-2-5-23(6-3-21)43-32(47)30(46)34(48)49/h2-7,14-15,19,24,46,48-49H,8-13,16,18H2,1H3,(H,43,47)(H,40,41,42). The number of halogens is 3. The fourth-order valence-electron chi connectivity index (χ4n) is 6.29. The van der Waals surface area contributed by atoms with Crippen molar-refractivity contribution in [2.45, 2.75) is 57.9 Å². The summed E-state index contributed by atoms with van der Waals surface area (Å²) in [7, 11) is 0. The first-order valence-corrected chi connectivity index (χ1v) is 16.7. The van der Waals surface area contributed by atoms with Crippen LogP contribution in [0.3, 0.4) is 0 Å². The summed E-state index contributed by atoms with van der Waals surface area (Å²) in [6.07, 6.45) is -1.56. The van der Waals surface area contributed by atoms with E-state index < -0.39 is 30.2 Å². The number of aryl methyl sites for hydroxylation is 3. The number of carbonyl (C=O) groups is 1. The molecule has 0 bridgehead atoms. The van der Waals surface area contributed by atoms with E-state index in [1.54, 1.807) is 24.3 Å². The molecule has 1 aliphatic rings. The normalized spacial score (nSPS) is 14.1. The maximum absolute atomic E-state index is 12.9. The largest absolute Gasteiger partial charge is 0.498 e. The third-order valence-corrected chi connectivity index (χ3v) is 9.96. The van der Waals surface area contributed by atoms with Gasteiger partial charge in [-0.05, 0) is 73.2 Å². The van der Waals surface area contributed by atoms with Crippen molar-refractivity contribution in [1.82, 2.24) is 19.4 Å². The number of rotatable bonds is 10. The van der Waals surface area contributed by atoms with Gasteiger partial charge in [0.1, 0.15) is 28.7 Å². The smallest absolute Gasteiger partial charge is 0.393 e. The maximum Gasteiger partial charge on any atom is 0.393 e. The van der Waals surface area contributed by atoms with Crippen molar-refractivity contribution in [2.75, 3.05) is 23.7 Å². The predicted molar refractivity (Wildman–Crippen MR) is 184 cm³/mol. The third kappa shape index (κ3) is 7.77. The summed E-state index contributed by atoms with van der Waals surface area (Å²) in [6, 6.07) is 17.0. The molecule has 1 aliphatic heterocycles. The van der Waals surface area contributed by atoms with Gasteiger partial charge >= 0.3 is 12.1 Å². The molecule has 0 radical (unpaired) electrons. The van der Waals surface area contributed by atoms with Gasteiger partial charge in [0.2, 0.25) is 0 Å². The predicted octanol–water partition coefficient (Wildman–Crippen LogP) is 7.03. The number of thiophene rings is 1. The van der Waals surface area contributed by atoms with Crippen LogP contribution >= 0.6 is 11.3 Å². The number of benzene rings is 2. The topological polar surface area (TPSA) is 160 Å². The highest BCUT2D eigenvalue weighted by Crippen LogP contribution is 2.33. The first kappa shape index (κ1) is 34.5. The molecule has 4 heterocycles. The van der Waals surface area contributed by atoms with E-state index in [1.807, 2.05) is 10.6 Å². The molecule has 260 valence electrons. The van der Waals surface area contributed by atoms with E-state index in [0.29, 0.717) is 40.4 Å². The van der Waals surface area contributed by atoms with Crippen molar-refractivity contribution in [3.05, 3.63) is 93.8 Å². The second kappa shape index (κ2) is 14.3. The van der Waals surface area contributed by atoms with Gasteiger partial charge in [-0.1, -0.05) is 18.2 Å². The van der Waals surface area contributed by atoms with Crippen molar-refractivity contribution in [1.29, 1.82) is 5.26 Å². The Kier molecular flexibility index (Phi) is 9.85. The average molecular weight is 706 g/mol. The van der Waals surface area contributed by atoms with Crippen LogP contribution < -0.4 is 10.6 Å². The first-order valence-electron chi connectivity index (χ1n) is 15.9. The van der Waals surface area contributed by atoms with Crippen LogP contribution in [-0.2, 0) is 30.7 Å². The lowest BCUT2D eigenvalue weighted by atomic mass is 10.0. The van der Waals surface area contributed by atoms with Crippen LogP contribution in [0.4, 0.5) is 24.7 Å². The minimum atomic E-state index is -4.28. The van der Waals surface area contributed by atoms with Crippen LogP contribution in [0, 0.1) is 18.3 Å². The number of anilines is 2. The fraction of sp³-hybridized carbons (Fsp3) is 0.314. The Labute approximate surface area is 288 Å². The Morgan fingerprint density at radius 1 is 1.06 bits per heavy atom. The Hall–Kier alpha value is -5.33. The number of hydrogen-bond donors (Lipinski definition) is 5. The van der Waals surface area contributed by atoms with Crippen molar-refractivity contribution >= 4 is 49.9 Å². The van der Waals surface area contributed by atoms with Crippen LogP contribution in [0.2, 0.25) is 0 Å². The number of aliphatic hydroxyl groups excluding tert-OH is 2. The minimum Gasteiger partial charge on any atom is -0.498 e. The second-order valence-corrected chi connectivity index (χ2v) is 13.4. The van der Waals surface area contributed by atoms with E-state index in [1.165, 1.54) is 18.0 Å². The number of piperidine rings is 1. The molecular formula is C35H34F3N7O4S. The van der Waals surface area contributed by atoms with E-state index in [2.05, 4.69) is 50.6 Å². The van der Waals surface area contributed by atoms with Gasteiger partial charge in [0, 0.05) is 53.7 Å².